The maximum absolute atomic E-state index is 13.0. The molecule has 0 spiro atoms. The largest absolute Gasteiger partial charge is 0.347 e. The predicted octanol–water partition coefficient (Wildman–Crippen LogP) is 5.64. The van der Waals surface area contributed by atoms with Crippen molar-refractivity contribution in [2.45, 2.75) is 71.3 Å². The number of amides is 1. The van der Waals surface area contributed by atoms with Crippen molar-refractivity contribution in [2.24, 2.45) is 0 Å². The fraction of sp³-hybridized carbons (Fsp3) is 0.423. The van der Waals surface area contributed by atoms with Crippen molar-refractivity contribution in [2.75, 3.05) is 0 Å². The summed E-state index contributed by atoms with van der Waals surface area (Å²) in [5.74, 6) is 2.21. The first-order chi connectivity index (χ1) is 14.5. The molecule has 1 amide bonds. The highest BCUT2D eigenvalue weighted by Gasteiger charge is 2.24. The fourth-order valence-electron chi connectivity index (χ4n) is 3.72. The van der Waals surface area contributed by atoms with Gasteiger partial charge in [-0.05, 0) is 57.2 Å². The molecule has 0 radical (unpaired) electrons. The second kappa shape index (κ2) is 7.63. The molecule has 0 unspecified atom stereocenters. The predicted molar refractivity (Wildman–Crippen MR) is 125 cm³/mol. The highest BCUT2D eigenvalue weighted by atomic mass is 16.1. The molecule has 2 heterocycles. The lowest BCUT2D eigenvalue weighted by Crippen LogP contribution is -2.40. The minimum absolute atomic E-state index is 0.107. The van der Waals surface area contributed by atoms with Crippen molar-refractivity contribution in [3.8, 4) is 17.1 Å². The van der Waals surface area contributed by atoms with Gasteiger partial charge in [-0.1, -0.05) is 45.0 Å². The molecule has 1 fully saturated rings. The van der Waals surface area contributed by atoms with Gasteiger partial charge in [0.15, 0.2) is 0 Å². The number of carbonyl (C=O) groups is 1. The molecule has 5 nitrogen and oxygen atoms in total. The first-order valence-electron chi connectivity index (χ1n) is 11.0. The normalized spacial score (nSPS) is 14.5. The number of nitrogens with one attached hydrogen (secondary N) is 1. The van der Waals surface area contributed by atoms with Crippen LogP contribution in [0.4, 0.5) is 0 Å². The van der Waals surface area contributed by atoms with Crippen molar-refractivity contribution >= 4 is 5.91 Å². The summed E-state index contributed by atoms with van der Waals surface area (Å²) < 4.78 is 1.98. The number of imidazole rings is 1. The summed E-state index contributed by atoms with van der Waals surface area (Å²) in [7, 11) is 0. The molecule has 1 saturated carbocycles. The number of aromatic nitrogens is 3. The molecule has 0 bridgehead atoms. The van der Waals surface area contributed by atoms with E-state index in [9.17, 15) is 4.79 Å². The minimum Gasteiger partial charge on any atom is -0.347 e. The molecule has 1 N–H and O–H groups in total. The summed E-state index contributed by atoms with van der Waals surface area (Å²) in [6.45, 7) is 12.3. The van der Waals surface area contributed by atoms with E-state index in [1.165, 1.54) is 18.4 Å². The third-order valence-electron chi connectivity index (χ3n) is 5.38. The third-order valence-corrected chi connectivity index (χ3v) is 5.38. The number of rotatable bonds is 4. The maximum atomic E-state index is 13.0. The number of carbonyl (C=O) groups excluding carboxylic acids is 1. The van der Waals surface area contributed by atoms with E-state index >= 15 is 0 Å². The van der Waals surface area contributed by atoms with Crippen LogP contribution in [-0.2, 0) is 5.41 Å². The zero-order chi connectivity index (χ0) is 22.4. The average Bonchev–Trinajstić information content (AvgIpc) is 3.41. The molecular weight excluding hydrogens is 384 g/mol. The van der Waals surface area contributed by atoms with E-state index in [0.717, 1.165) is 17.1 Å². The quantitative estimate of drug-likeness (QED) is 0.599. The molecular formula is C26H32N4O. The molecule has 3 aromatic rings. The van der Waals surface area contributed by atoms with Gasteiger partial charge in [-0.25, -0.2) is 9.97 Å². The number of hydrogen-bond donors (Lipinski definition) is 1. The van der Waals surface area contributed by atoms with Gasteiger partial charge in [-0.3, -0.25) is 9.36 Å². The Morgan fingerprint density at radius 2 is 1.71 bits per heavy atom. The Bertz CT molecular complexity index is 1090. The monoisotopic (exact) mass is 416 g/mol. The van der Waals surface area contributed by atoms with Crippen LogP contribution in [0, 0.1) is 0 Å². The van der Waals surface area contributed by atoms with E-state index < -0.39 is 0 Å². The van der Waals surface area contributed by atoms with Crippen molar-refractivity contribution in [1.29, 1.82) is 0 Å². The Morgan fingerprint density at radius 1 is 1.03 bits per heavy atom. The van der Waals surface area contributed by atoms with Gasteiger partial charge in [0, 0.05) is 34.5 Å². The van der Waals surface area contributed by atoms with Crippen LogP contribution < -0.4 is 5.32 Å². The zero-order valence-corrected chi connectivity index (χ0v) is 19.4. The van der Waals surface area contributed by atoms with E-state index in [4.69, 9.17) is 4.98 Å². The Balaban J connectivity index is 1.81. The minimum atomic E-state index is -0.321. The third kappa shape index (κ3) is 4.87. The molecule has 0 saturated heterocycles. The first-order valence-corrected chi connectivity index (χ1v) is 11.0. The second-order valence-corrected chi connectivity index (χ2v) is 10.6. The molecule has 1 aromatic carbocycles. The first kappa shape index (κ1) is 21.3. The van der Waals surface area contributed by atoms with Crippen LogP contribution in [0.2, 0.25) is 0 Å². The second-order valence-electron chi connectivity index (χ2n) is 10.6. The zero-order valence-electron chi connectivity index (χ0n) is 19.4. The molecule has 31 heavy (non-hydrogen) atoms. The molecule has 5 heteroatoms. The van der Waals surface area contributed by atoms with Crippen LogP contribution in [-0.4, -0.2) is 26.0 Å². The fourth-order valence-corrected chi connectivity index (χ4v) is 3.72. The standard InChI is InChI=1S/C26H32N4O/c1-25(2,3)24-27-13-14-30(24)22-16-20(23(31)29-26(4,5)6)15-21(28-22)19-11-9-18(10-12-19)17-7-8-17/h9-17H,7-8H2,1-6H3,(H,29,31). The van der Waals surface area contributed by atoms with Crippen LogP contribution in [0.3, 0.4) is 0 Å². The topological polar surface area (TPSA) is 59.8 Å². The van der Waals surface area contributed by atoms with Crippen LogP contribution in [0.1, 0.15) is 82.0 Å². The van der Waals surface area contributed by atoms with E-state index in [-0.39, 0.29) is 16.9 Å². The summed E-state index contributed by atoms with van der Waals surface area (Å²) >= 11 is 0. The van der Waals surface area contributed by atoms with Gasteiger partial charge in [-0.2, -0.15) is 0 Å². The summed E-state index contributed by atoms with van der Waals surface area (Å²) in [5, 5.41) is 3.07. The van der Waals surface area contributed by atoms with Gasteiger partial charge in [0.25, 0.3) is 5.91 Å². The van der Waals surface area contributed by atoms with Gasteiger partial charge in [0.05, 0.1) is 5.69 Å². The van der Waals surface area contributed by atoms with E-state index in [0.29, 0.717) is 17.3 Å². The van der Waals surface area contributed by atoms with Crippen LogP contribution in [0.25, 0.3) is 17.1 Å². The molecule has 2 aromatic heterocycles. The van der Waals surface area contributed by atoms with Crippen molar-refractivity contribution < 1.29 is 4.79 Å². The Kier molecular flexibility index (Phi) is 5.24. The molecule has 1 aliphatic rings. The number of hydrogen-bond acceptors (Lipinski definition) is 3. The van der Waals surface area contributed by atoms with E-state index in [2.05, 4.69) is 55.3 Å². The molecule has 162 valence electrons. The van der Waals surface area contributed by atoms with Crippen LogP contribution >= 0.6 is 0 Å². The lowest BCUT2D eigenvalue weighted by Gasteiger charge is -2.22. The summed E-state index contributed by atoms with van der Waals surface area (Å²) in [6, 6.07) is 12.3. The van der Waals surface area contributed by atoms with Crippen LogP contribution in [0.15, 0.2) is 48.8 Å². The number of benzene rings is 1. The molecule has 0 aliphatic heterocycles. The van der Waals surface area contributed by atoms with Crippen molar-refractivity contribution in [3.05, 3.63) is 65.7 Å². The summed E-state index contributed by atoms with van der Waals surface area (Å²) in [6.07, 6.45) is 6.25. The van der Waals surface area contributed by atoms with Gasteiger partial charge in [-0.15, -0.1) is 0 Å². The number of pyridine rings is 1. The lowest BCUT2D eigenvalue weighted by atomic mass is 9.95. The summed E-state index contributed by atoms with van der Waals surface area (Å²) in [5.41, 5.74) is 3.30. The lowest BCUT2D eigenvalue weighted by molar-refractivity contribution is 0.0919. The highest BCUT2D eigenvalue weighted by Crippen LogP contribution is 2.40. The van der Waals surface area contributed by atoms with Gasteiger partial charge in [0.2, 0.25) is 0 Å². The molecule has 0 atom stereocenters. The van der Waals surface area contributed by atoms with Crippen LogP contribution in [0.5, 0.6) is 0 Å². The van der Waals surface area contributed by atoms with Gasteiger partial charge >= 0.3 is 0 Å². The van der Waals surface area contributed by atoms with E-state index in [1.54, 1.807) is 6.20 Å². The Labute approximate surface area is 184 Å². The Morgan fingerprint density at radius 3 is 2.29 bits per heavy atom. The van der Waals surface area contributed by atoms with Crippen molar-refractivity contribution in [1.82, 2.24) is 19.9 Å². The smallest absolute Gasteiger partial charge is 0.251 e. The van der Waals surface area contributed by atoms with Gasteiger partial charge < -0.3 is 5.32 Å². The summed E-state index contributed by atoms with van der Waals surface area (Å²) in [4.78, 5) is 22.5. The molecule has 4 rings (SSSR count). The van der Waals surface area contributed by atoms with Gasteiger partial charge in [0.1, 0.15) is 11.6 Å². The van der Waals surface area contributed by atoms with Crippen molar-refractivity contribution in [3.63, 3.8) is 0 Å². The SMILES string of the molecule is CC(C)(C)NC(=O)c1cc(-c2ccc(C3CC3)cc2)nc(-n2ccnc2C(C)(C)C)c1. The molecule has 1 aliphatic carbocycles. The number of nitrogens with zero attached hydrogens (tertiary/aromatic N) is 3. The maximum Gasteiger partial charge on any atom is 0.251 e. The Hall–Kier alpha value is -2.95. The average molecular weight is 417 g/mol. The van der Waals surface area contributed by atoms with E-state index in [1.807, 2.05) is 43.7 Å². The highest BCUT2D eigenvalue weighted by molar-refractivity contribution is 5.96.